The first kappa shape index (κ1) is 13.2. The van der Waals surface area contributed by atoms with Gasteiger partial charge in [-0.15, -0.1) is 0 Å². The number of likely N-dealkylation sites (tertiary alicyclic amines) is 1. The lowest BCUT2D eigenvalue weighted by atomic mass is 10.1. The zero-order valence-corrected chi connectivity index (χ0v) is 11.1. The highest BCUT2D eigenvalue weighted by molar-refractivity contribution is 5.52. The van der Waals surface area contributed by atoms with Crippen LogP contribution in [0.4, 0.5) is 4.39 Å². The van der Waals surface area contributed by atoms with Crippen molar-refractivity contribution in [1.29, 1.82) is 0 Å². The van der Waals surface area contributed by atoms with Crippen molar-refractivity contribution >= 4 is 0 Å². The molecule has 2 heterocycles. The molecule has 1 aromatic heterocycles. The van der Waals surface area contributed by atoms with Crippen molar-refractivity contribution in [2.45, 2.75) is 13.0 Å². The van der Waals surface area contributed by atoms with E-state index in [0.29, 0.717) is 24.2 Å². The normalized spacial score (nSPS) is 19.6. The summed E-state index contributed by atoms with van der Waals surface area (Å²) in [5.41, 5.74) is 6.40. The fraction of sp³-hybridized carbons (Fsp3) is 0.429. The zero-order valence-electron chi connectivity index (χ0n) is 11.1. The Morgan fingerprint density at radius 2 is 2.15 bits per heavy atom. The molecule has 1 aromatic carbocycles. The lowest BCUT2D eigenvalue weighted by Gasteiger charge is -2.12. The number of hydrogen-bond donors (Lipinski definition) is 1. The van der Waals surface area contributed by atoms with Crippen molar-refractivity contribution in [3.8, 4) is 11.5 Å². The van der Waals surface area contributed by atoms with Crippen LogP contribution < -0.4 is 5.73 Å². The summed E-state index contributed by atoms with van der Waals surface area (Å²) in [7, 11) is 0. The van der Waals surface area contributed by atoms with Crippen LogP contribution in [0.2, 0.25) is 0 Å². The van der Waals surface area contributed by atoms with E-state index < -0.39 is 0 Å². The van der Waals surface area contributed by atoms with E-state index >= 15 is 0 Å². The molecule has 2 aromatic rings. The number of hydrogen-bond acceptors (Lipinski definition) is 5. The number of nitrogens with two attached hydrogens (primary N) is 1. The third-order valence-corrected chi connectivity index (χ3v) is 3.63. The van der Waals surface area contributed by atoms with Gasteiger partial charge in [-0.3, -0.25) is 4.90 Å². The number of benzene rings is 1. The molecule has 0 spiro atoms. The summed E-state index contributed by atoms with van der Waals surface area (Å²) in [6, 6.07) is 6.02. The van der Waals surface area contributed by atoms with Crippen LogP contribution in [0.15, 0.2) is 28.8 Å². The monoisotopic (exact) mass is 276 g/mol. The molecule has 0 amide bonds. The zero-order chi connectivity index (χ0) is 13.9. The maximum Gasteiger partial charge on any atom is 0.257 e. The summed E-state index contributed by atoms with van der Waals surface area (Å²) in [6.45, 7) is 3.39. The van der Waals surface area contributed by atoms with E-state index in [-0.39, 0.29) is 5.82 Å². The van der Waals surface area contributed by atoms with Crippen LogP contribution in [0.3, 0.4) is 0 Å². The molecule has 5 nitrogen and oxygen atoms in total. The Hall–Kier alpha value is -1.79. The van der Waals surface area contributed by atoms with Gasteiger partial charge in [-0.05, 0) is 49.7 Å². The van der Waals surface area contributed by atoms with Crippen LogP contribution in [0, 0.1) is 11.7 Å². The minimum absolute atomic E-state index is 0.279. The Morgan fingerprint density at radius 3 is 2.85 bits per heavy atom. The number of halogens is 1. The van der Waals surface area contributed by atoms with Gasteiger partial charge in [0, 0.05) is 12.1 Å². The van der Waals surface area contributed by atoms with Gasteiger partial charge >= 0.3 is 0 Å². The number of rotatable bonds is 4. The Morgan fingerprint density at radius 1 is 1.35 bits per heavy atom. The summed E-state index contributed by atoms with van der Waals surface area (Å²) >= 11 is 0. The van der Waals surface area contributed by atoms with Gasteiger partial charge in [-0.2, -0.15) is 4.98 Å². The maximum atomic E-state index is 12.9. The molecule has 1 saturated heterocycles. The highest BCUT2D eigenvalue weighted by Crippen LogP contribution is 2.20. The van der Waals surface area contributed by atoms with E-state index in [0.717, 1.165) is 31.6 Å². The van der Waals surface area contributed by atoms with E-state index in [1.54, 1.807) is 12.1 Å². The van der Waals surface area contributed by atoms with E-state index in [2.05, 4.69) is 15.0 Å². The van der Waals surface area contributed by atoms with Crippen LogP contribution in [-0.4, -0.2) is 34.7 Å². The van der Waals surface area contributed by atoms with Crippen molar-refractivity contribution < 1.29 is 8.91 Å². The standard InChI is InChI=1S/C14H17FN4O/c15-12-3-1-11(2-4-12)14-17-13(18-20-14)9-19-6-5-10(7-16)8-19/h1-4,10H,5-9,16H2. The van der Waals surface area contributed by atoms with Gasteiger partial charge in [0.1, 0.15) is 5.82 Å². The van der Waals surface area contributed by atoms with Gasteiger partial charge in [0.15, 0.2) is 5.82 Å². The molecule has 106 valence electrons. The molecule has 0 bridgehead atoms. The second-order valence-corrected chi connectivity index (χ2v) is 5.15. The Balaban J connectivity index is 1.66. The largest absolute Gasteiger partial charge is 0.334 e. The van der Waals surface area contributed by atoms with E-state index in [4.69, 9.17) is 10.3 Å². The second kappa shape index (κ2) is 5.68. The third-order valence-electron chi connectivity index (χ3n) is 3.63. The molecule has 20 heavy (non-hydrogen) atoms. The molecular formula is C14H17FN4O. The van der Waals surface area contributed by atoms with E-state index in [1.807, 2.05) is 0 Å². The van der Waals surface area contributed by atoms with Crippen LogP contribution in [-0.2, 0) is 6.54 Å². The van der Waals surface area contributed by atoms with Crippen molar-refractivity contribution in [3.63, 3.8) is 0 Å². The van der Waals surface area contributed by atoms with Gasteiger partial charge in [-0.1, -0.05) is 5.16 Å². The fourth-order valence-electron chi connectivity index (χ4n) is 2.48. The molecule has 1 fully saturated rings. The Labute approximate surface area is 116 Å². The predicted octanol–water partition coefficient (Wildman–Crippen LogP) is 1.66. The SMILES string of the molecule is NCC1CCN(Cc2noc(-c3ccc(F)cc3)n2)C1. The minimum atomic E-state index is -0.279. The van der Waals surface area contributed by atoms with E-state index in [1.165, 1.54) is 12.1 Å². The summed E-state index contributed by atoms with van der Waals surface area (Å²) in [6.07, 6.45) is 1.12. The first-order chi connectivity index (χ1) is 9.74. The highest BCUT2D eigenvalue weighted by atomic mass is 19.1. The molecular weight excluding hydrogens is 259 g/mol. The van der Waals surface area contributed by atoms with E-state index in [9.17, 15) is 4.39 Å². The average molecular weight is 276 g/mol. The van der Waals surface area contributed by atoms with Gasteiger partial charge in [0.2, 0.25) is 0 Å². The Bertz CT molecular complexity index is 569. The summed E-state index contributed by atoms with van der Waals surface area (Å²) in [5, 5.41) is 3.98. The lowest BCUT2D eigenvalue weighted by Crippen LogP contribution is -2.23. The summed E-state index contributed by atoms with van der Waals surface area (Å²) in [5.74, 6) is 1.37. The van der Waals surface area contributed by atoms with Crippen LogP contribution >= 0.6 is 0 Å². The van der Waals surface area contributed by atoms with Gasteiger partial charge in [0.05, 0.1) is 6.54 Å². The molecule has 0 radical (unpaired) electrons. The first-order valence-corrected chi connectivity index (χ1v) is 6.75. The van der Waals surface area contributed by atoms with Gasteiger partial charge < -0.3 is 10.3 Å². The second-order valence-electron chi connectivity index (χ2n) is 5.15. The molecule has 0 saturated carbocycles. The summed E-state index contributed by atoms with van der Waals surface area (Å²) < 4.78 is 18.1. The average Bonchev–Trinajstić information content (AvgIpc) is 3.09. The lowest BCUT2D eigenvalue weighted by molar-refractivity contribution is 0.301. The Kier molecular flexibility index (Phi) is 3.75. The topological polar surface area (TPSA) is 68.2 Å². The third kappa shape index (κ3) is 2.86. The van der Waals surface area contributed by atoms with Crippen molar-refractivity contribution in [3.05, 3.63) is 35.9 Å². The first-order valence-electron chi connectivity index (χ1n) is 6.75. The number of nitrogens with zero attached hydrogens (tertiary/aromatic N) is 3. The quantitative estimate of drug-likeness (QED) is 0.919. The maximum absolute atomic E-state index is 12.9. The summed E-state index contributed by atoms with van der Waals surface area (Å²) in [4.78, 5) is 6.63. The van der Waals surface area contributed by atoms with Crippen molar-refractivity contribution in [2.24, 2.45) is 11.7 Å². The van der Waals surface area contributed by atoms with Crippen molar-refractivity contribution in [1.82, 2.24) is 15.0 Å². The molecule has 6 heteroatoms. The molecule has 1 unspecified atom stereocenters. The van der Waals surface area contributed by atoms with Crippen LogP contribution in [0.5, 0.6) is 0 Å². The predicted molar refractivity (Wildman–Crippen MR) is 72.1 cm³/mol. The molecule has 2 N–H and O–H groups in total. The number of aromatic nitrogens is 2. The molecule has 1 aliphatic heterocycles. The molecule has 1 atom stereocenters. The highest BCUT2D eigenvalue weighted by Gasteiger charge is 2.22. The fourth-order valence-corrected chi connectivity index (χ4v) is 2.48. The van der Waals surface area contributed by atoms with Crippen LogP contribution in [0.1, 0.15) is 12.2 Å². The molecule has 0 aliphatic carbocycles. The smallest absolute Gasteiger partial charge is 0.257 e. The minimum Gasteiger partial charge on any atom is -0.334 e. The van der Waals surface area contributed by atoms with Crippen LogP contribution in [0.25, 0.3) is 11.5 Å². The molecule has 1 aliphatic rings. The van der Waals surface area contributed by atoms with Gasteiger partial charge in [-0.25, -0.2) is 4.39 Å². The molecule has 3 rings (SSSR count). The van der Waals surface area contributed by atoms with Gasteiger partial charge in [0.25, 0.3) is 5.89 Å². The van der Waals surface area contributed by atoms with Crippen molar-refractivity contribution in [2.75, 3.05) is 19.6 Å².